The molecule has 2 saturated heterocycles. The SMILES string of the molecule is O=Cc1ccc([C@@H]2CC[C@H]3CCCCN32)cc1. The maximum absolute atomic E-state index is 10.7. The molecular formula is C15H19NO. The van der Waals surface area contributed by atoms with Gasteiger partial charge < -0.3 is 0 Å². The zero-order valence-corrected chi connectivity index (χ0v) is 10.1. The Morgan fingerprint density at radius 3 is 2.65 bits per heavy atom. The minimum atomic E-state index is 0.598. The monoisotopic (exact) mass is 229 g/mol. The average Bonchev–Trinajstić information content (AvgIpc) is 2.83. The predicted octanol–water partition coefficient (Wildman–Crippen LogP) is 3.19. The number of carbonyl (C=O) groups excluding carboxylic acids is 1. The first kappa shape index (κ1) is 11.0. The molecule has 0 saturated carbocycles. The van der Waals surface area contributed by atoms with Crippen molar-refractivity contribution in [3.05, 3.63) is 35.4 Å². The van der Waals surface area contributed by atoms with E-state index in [1.165, 1.54) is 44.2 Å². The number of aldehydes is 1. The molecule has 0 spiro atoms. The van der Waals surface area contributed by atoms with Gasteiger partial charge in [-0.15, -0.1) is 0 Å². The minimum absolute atomic E-state index is 0.598. The molecule has 2 aliphatic heterocycles. The molecule has 2 aliphatic rings. The van der Waals surface area contributed by atoms with Crippen LogP contribution >= 0.6 is 0 Å². The maximum atomic E-state index is 10.7. The van der Waals surface area contributed by atoms with Crippen molar-refractivity contribution in [1.82, 2.24) is 4.90 Å². The van der Waals surface area contributed by atoms with E-state index in [1.54, 1.807) is 0 Å². The van der Waals surface area contributed by atoms with Crippen LogP contribution in [-0.2, 0) is 0 Å². The van der Waals surface area contributed by atoms with Crippen molar-refractivity contribution < 1.29 is 4.79 Å². The number of nitrogens with zero attached hydrogens (tertiary/aromatic N) is 1. The lowest BCUT2D eigenvalue weighted by Crippen LogP contribution is -2.35. The summed E-state index contributed by atoms with van der Waals surface area (Å²) in [5, 5.41) is 0. The van der Waals surface area contributed by atoms with Crippen molar-refractivity contribution in [2.24, 2.45) is 0 Å². The van der Waals surface area contributed by atoms with Crippen LogP contribution in [0.5, 0.6) is 0 Å². The Kier molecular flexibility index (Phi) is 2.98. The van der Waals surface area contributed by atoms with Crippen molar-refractivity contribution in [1.29, 1.82) is 0 Å². The Hall–Kier alpha value is -1.15. The molecule has 0 aliphatic carbocycles. The predicted molar refractivity (Wildman–Crippen MR) is 68.1 cm³/mol. The van der Waals surface area contributed by atoms with Crippen molar-refractivity contribution in [3.8, 4) is 0 Å². The summed E-state index contributed by atoms with van der Waals surface area (Å²) < 4.78 is 0. The van der Waals surface area contributed by atoms with Gasteiger partial charge in [0.15, 0.2) is 0 Å². The van der Waals surface area contributed by atoms with Crippen LogP contribution in [0.15, 0.2) is 24.3 Å². The van der Waals surface area contributed by atoms with E-state index in [2.05, 4.69) is 17.0 Å². The molecule has 0 amide bonds. The van der Waals surface area contributed by atoms with Crippen molar-refractivity contribution >= 4 is 6.29 Å². The molecule has 0 radical (unpaired) electrons. The Bertz CT molecular complexity index is 398. The van der Waals surface area contributed by atoms with Gasteiger partial charge in [-0.05, 0) is 37.8 Å². The van der Waals surface area contributed by atoms with Crippen LogP contribution < -0.4 is 0 Å². The van der Waals surface area contributed by atoms with Crippen molar-refractivity contribution in [3.63, 3.8) is 0 Å². The van der Waals surface area contributed by atoms with Gasteiger partial charge in [0.05, 0.1) is 0 Å². The summed E-state index contributed by atoms with van der Waals surface area (Å²) in [7, 11) is 0. The van der Waals surface area contributed by atoms with E-state index in [0.29, 0.717) is 6.04 Å². The summed E-state index contributed by atoms with van der Waals surface area (Å²) in [6.45, 7) is 1.25. The number of fused-ring (bicyclic) bond motifs is 1. The highest BCUT2D eigenvalue weighted by atomic mass is 16.1. The maximum Gasteiger partial charge on any atom is 0.150 e. The van der Waals surface area contributed by atoms with Crippen LogP contribution in [0.4, 0.5) is 0 Å². The molecule has 1 aromatic carbocycles. The quantitative estimate of drug-likeness (QED) is 0.726. The number of carbonyl (C=O) groups is 1. The topological polar surface area (TPSA) is 20.3 Å². The molecule has 17 heavy (non-hydrogen) atoms. The number of benzene rings is 1. The molecular weight excluding hydrogens is 210 g/mol. The van der Waals surface area contributed by atoms with Crippen molar-refractivity contribution in [2.75, 3.05) is 6.54 Å². The third-order valence-electron chi connectivity index (χ3n) is 4.30. The lowest BCUT2D eigenvalue weighted by atomic mass is 10.0. The Morgan fingerprint density at radius 1 is 1.06 bits per heavy atom. The highest BCUT2D eigenvalue weighted by Crippen LogP contribution is 2.40. The second-order valence-corrected chi connectivity index (χ2v) is 5.27. The van der Waals surface area contributed by atoms with Crippen LogP contribution in [0.3, 0.4) is 0 Å². The molecule has 3 rings (SSSR count). The van der Waals surface area contributed by atoms with Crippen LogP contribution in [0.2, 0.25) is 0 Å². The fourth-order valence-electron chi connectivity index (χ4n) is 3.41. The number of piperidine rings is 1. The molecule has 0 N–H and O–H groups in total. The van der Waals surface area contributed by atoms with E-state index in [1.807, 2.05) is 12.1 Å². The van der Waals surface area contributed by atoms with E-state index in [9.17, 15) is 4.79 Å². The summed E-state index contributed by atoms with van der Waals surface area (Å²) in [6.07, 6.45) is 7.67. The van der Waals surface area contributed by atoms with Gasteiger partial charge in [-0.2, -0.15) is 0 Å². The van der Waals surface area contributed by atoms with E-state index in [-0.39, 0.29) is 0 Å². The summed E-state index contributed by atoms with van der Waals surface area (Å²) in [4.78, 5) is 13.3. The highest BCUT2D eigenvalue weighted by Gasteiger charge is 2.35. The van der Waals surface area contributed by atoms with Crippen LogP contribution in [0, 0.1) is 0 Å². The number of rotatable bonds is 2. The molecule has 2 nitrogen and oxygen atoms in total. The van der Waals surface area contributed by atoms with E-state index in [0.717, 1.165) is 17.9 Å². The van der Waals surface area contributed by atoms with E-state index in [4.69, 9.17) is 0 Å². The summed E-state index contributed by atoms with van der Waals surface area (Å²) in [6, 6.07) is 9.57. The van der Waals surface area contributed by atoms with Gasteiger partial charge in [0, 0.05) is 17.6 Å². The summed E-state index contributed by atoms with van der Waals surface area (Å²) in [5.41, 5.74) is 2.17. The fraction of sp³-hybridized carbons (Fsp3) is 0.533. The smallest absolute Gasteiger partial charge is 0.150 e. The average molecular weight is 229 g/mol. The molecule has 2 heteroatoms. The van der Waals surface area contributed by atoms with Gasteiger partial charge >= 0.3 is 0 Å². The first-order valence-corrected chi connectivity index (χ1v) is 6.69. The third-order valence-corrected chi connectivity index (χ3v) is 4.30. The van der Waals surface area contributed by atoms with Gasteiger partial charge in [-0.25, -0.2) is 0 Å². The van der Waals surface area contributed by atoms with Crippen LogP contribution in [-0.4, -0.2) is 23.8 Å². The molecule has 0 unspecified atom stereocenters. The van der Waals surface area contributed by atoms with Crippen LogP contribution in [0.1, 0.15) is 54.1 Å². The molecule has 90 valence electrons. The number of hydrogen-bond donors (Lipinski definition) is 0. The zero-order chi connectivity index (χ0) is 11.7. The highest BCUT2D eigenvalue weighted by molar-refractivity contribution is 5.74. The number of hydrogen-bond acceptors (Lipinski definition) is 2. The summed E-state index contributed by atoms with van der Waals surface area (Å²) in [5.74, 6) is 0. The lowest BCUT2D eigenvalue weighted by molar-refractivity contribution is 0.112. The Morgan fingerprint density at radius 2 is 1.88 bits per heavy atom. The van der Waals surface area contributed by atoms with E-state index < -0.39 is 0 Å². The first-order chi connectivity index (χ1) is 8.38. The van der Waals surface area contributed by atoms with Gasteiger partial charge in [-0.1, -0.05) is 30.7 Å². The fourth-order valence-corrected chi connectivity index (χ4v) is 3.41. The van der Waals surface area contributed by atoms with Crippen LogP contribution in [0.25, 0.3) is 0 Å². The first-order valence-electron chi connectivity index (χ1n) is 6.69. The zero-order valence-electron chi connectivity index (χ0n) is 10.1. The van der Waals surface area contributed by atoms with Gasteiger partial charge in [0.2, 0.25) is 0 Å². The minimum Gasteiger partial charge on any atom is -0.298 e. The van der Waals surface area contributed by atoms with E-state index >= 15 is 0 Å². The standard InChI is InChI=1S/C15H19NO/c17-11-12-4-6-13(7-5-12)15-9-8-14-3-1-2-10-16(14)15/h4-7,11,14-15H,1-3,8-10H2/t14-,15+/m1/s1. The van der Waals surface area contributed by atoms with Crippen molar-refractivity contribution in [2.45, 2.75) is 44.2 Å². The normalized spacial score (nSPS) is 28.9. The molecule has 1 aromatic rings. The lowest BCUT2D eigenvalue weighted by Gasteiger charge is -2.34. The largest absolute Gasteiger partial charge is 0.298 e. The van der Waals surface area contributed by atoms with Gasteiger partial charge in [0.1, 0.15) is 6.29 Å². The van der Waals surface area contributed by atoms with Gasteiger partial charge in [0.25, 0.3) is 0 Å². The molecule has 0 aromatic heterocycles. The Labute approximate surface area is 103 Å². The summed E-state index contributed by atoms with van der Waals surface area (Å²) >= 11 is 0. The second kappa shape index (κ2) is 4.61. The molecule has 0 bridgehead atoms. The third kappa shape index (κ3) is 2.02. The van der Waals surface area contributed by atoms with Gasteiger partial charge in [-0.3, -0.25) is 9.69 Å². The molecule has 2 fully saturated rings. The molecule has 2 atom stereocenters. The Balaban J connectivity index is 1.81. The molecule has 2 heterocycles. The second-order valence-electron chi connectivity index (χ2n) is 5.27.